The fraction of sp³-hybridized carbons (Fsp3) is 0.417. The van der Waals surface area contributed by atoms with E-state index < -0.39 is 11.6 Å². The van der Waals surface area contributed by atoms with Crippen molar-refractivity contribution in [2.45, 2.75) is 6.42 Å². The molecule has 100 valence electrons. The quantitative estimate of drug-likeness (QED) is 0.832. The van der Waals surface area contributed by atoms with E-state index in [0.29, 0.717) is 0 Å². The van der Waals surface area contributed by atoms with Gasteiger partial charge in [-0.05, 0) is 18.6 Å². The van der Waals surface area contributed by atoms with Crippen LogP contribution in [0.4, 0.5) is 13.6 Å². The summed E-state index contributed by atoms with van der Waals surface area (Å²) in [4.78, 5) is 12.7. The monoisotopic (exact) mass is 258 g/mol. The fourth-order valence-electron chi connectivity index (χ4n) is 1.45. The number of benzene rings is 1. The molecule has 0 aliphatic heterocycles. The number of nitrogens with one attached hydrogen (secondary N) is 1. The van der Waals surface area contributed by atoms with Crippen LogP contribution in [0.2, 0.25) is 0 Å². The Hall–Kier alpha value is -1.69. The van der Waals surface area contributed by atoms with Crippen molar-refractivity contribution in [2.24, 2.45) is 0 Å². The summed E-state index contributed by atoms with van der Waals surface area (Å²) in [6, 6.07) is 3.26. The Kier molecular flexibility index (Phi) is 5.51. The highest BCUT2D eigenvalue weighted by molar-refractivity contribution is 5.73. The largest absolute Gasteiger partial charge is 0.395 e. The van der Waals surface area contributed by atoms with Crippen LogP contribution in [0.25, 0.3) is 0 Å². The molecule has 0 aliphatic carbocycles. The van der Waals surface area contributed by atoms with Gasteiger partial charge in [0.25, 0.3) is 0 Å². The molecule has 0 bridgehead atoms. The van der Waals surface area contributed by atoms with E-state index in [2.05, 4.69) is 5.32 Å². The summed E-state index contributed by atoms with van der Waals surface area (Å²) in [5, 5.41) is 11.2. The van der Waals surface area contributed by atoms with Gasteiger partial charge in [-0.2, -0.15) is 0 Å². The second-order valence-corrected chi connectivity index (χ2v) is 3.83. The van der Waals surface area contributed by atoms with Crippen LogP contribution in [0.3, 0.4) is 0 Å². The Morgan fingerprint density at radius 1 is 1.39 bits per heavy atom. The van der Waals surface area contributed by atoms with Crippen molar-refractivity contribution >= 4 is 6.03 Å². The zero-order valence-corrected chi connectivity index (χ0v) is 10.1. The first-order valence-electron chi connectivity index (χ1n) is 5.59. The van der Waals surface area contributed by atoms with Crippen molar-refractivity contribution in [1.82, 2.24) is 10.2 Å². The van der Waals surface area contributed by atoms with Gasteiger partial charge in [0.1, 0.15) is 11.6 Å². The van der Waals surface area contributed by atoms with Gasteiger partial charge in [-0.15, -0.1) is 0 Å². The molecule has 6 heteroatoms. The number of rotatable bonds is 5. The predicted octanol–water partition coefficient (Wildman–Crippen LogP) is 1.14. The van der Waals surface area contributed by atoms with Crippen molar-refractivity contribution in [2.75, 3.05) is 26.7 Å². The van der Waals surface area contributed by atoms with Crippen LogP contribution in [0.1, 0.15) is 5.56 Å². The van der Waals surface area contributed by atoms with Crippen LogP contribution in [-0.4, -0.2) is 42.8 Å². The third-order valence-electron chi connectivity index (χ3n) is 2.50. The minimum Gasteiger partial charge on any atom is -0.395 e. The zero-order valence-electron chi connectivity index (χ0n) is 10.1. The summed E-state index contributed by atoms with van der Waals surface area (Å²) in [5.41, 5.74) is -0.0392. The van der Waals surface area contributed by atoms with Gasteiger partial charge in [0, 0.05) is 25.7 Å². The number of carbonyl (C=O) groups excluding carboxylic acids is 1. The SMILES string of the molecule is CN(CCO)C(=O)NCCc1c(F)cccc1F. The number of hydrogen-bond donors (Lipinski definition) is 2. The van der Waals surface area contributed by atoms with Crippen molar-refractivity contribution in [1.29, 1.82) is 0 Å². The molecule has 0 saturated heterocycles. The van der Waals surface area contributed by atoms with Gasteiger partial charge in [-0.25, -0.2) is 13.6 Å². The van der Waals surface area contributed by atoms with Gasteiger partial charge in [0.2, 0.25) is 0 Å². The van der Waals surface area contributed by atoms with E-state index in [1.807, 2.05) is 0 Å². The Morgan fingerprint density at radius 3 is 2.56 bits per heavy atom. The summed E-state index contributed by atoms with van der Waals surface area (Å²) in [6.07, 6.45) is 0.0806. The third-order valence-corrected chi connectivity index (χ3v) is 2.50. The van der Waals surface area contributed by atoms with Crippen molar-refractivity contribution in [3.8, 4) is 0 Å². The van der Waals surface area contributed by atoms with E-state index in [4.69, 9.17) is 5.11 Å². The molecule has 1 aromatic rings. The molecule has 0 atom stereocenters. The lowest BCUT2D eigenvalue weighted by Gasteiger charge is -2.16. The average molecular weight is 258 g/mol. The van der Waals surface area contributed by atoms with Crippen LogP contribution < -0.4 is 5.32 Å². The smallest absolute Gasteiger partial charge is 0.317 e. The lowest BCUT2D eigenvalue weighted by Crippen LogP contribution is -2.39. The van der Waals surface area contributed by atoms with E-state index in [1.54, 1.807) is 0 Å². The summed E-state index contributed by atoms with van der Waals surface area (Å²) in [6.45, 7) is 0.207. The standard InChI is InChI=1S/C12H16F2N2O2/c1-16(7-8-17)12(18)15-6-5-9-10(13)3-2-4-11(9)14/h2-4,17H,5-8H2,1H3,(H,15,18). The number of halogens is 2. The lowest BCUT2D eigenvalue weighted by molar-refractivity contribution is 0.190. The minimum atomic E-state index is -0.618. The average Bonchev–Trinajstić information content (AvgIpc) is 2.33. The number of hydrogen-bond acceptors (Lipinski definition) is 2. The molecular weight excluding hydrogens is 242 g/mol. The van der Waals surface area contributed by atoms with Crippen molar-refractivity contribution in [3.05, 3.63) is 35.4 Å². The molecule has 2 amide bonds. The van der Waals surface area contributed by atoms with Crippen molar-refractivity contribution in [3.63, 3.8) is 0 Å². The Balaban J connectivity index is 2.44. The van der Waals surface area contributed by atoms with Crippen LogP contribution >= 0.6 is 0 Å². The second-order valence-electron chi connectivity index (χ2n) is 3.83. The summed E-state index contributed by atoms with van der Waals surface area (Å²) in [7, 11) is 1.52. The second kappa shape index (κ2) is 6.90. The number of carbonyl (C=O) groups is 1. The molecule has 0 heterocycles. The van der Waals surface area contributed by atoms with E-state index in [1.165, 1.54) is 30.1 Å². The number of nitrogens with zero attached hydrogens (tertiary/aromatic N) is 1. The Morgan fingerprint density at radius 2 is 2.00 bits per heavy atom. The van der Waals surface area contributed by atoms with E-state index in [-0.39, 0.29) is 37.7 Å². The molecule has 0 fully saturated rings. The van der Waals surface area contributed by atoms with Gasteiger partial charge in [-0.3, -0.25) is 0 Å². The Bertz CT molecular complexity index is 393. The first-order chi connectivity index (χ1) is 8.56. The molecule has 0 aromatic heterocycles. The highest BCUT2D eigenvalue weighted by Crippen LogP contribution is 2.11. The zero-order chi connectivity index (χ0) is 13.5. The normalized spacial score (nSPS) is 10.2. The molecule has 4 nitrogen and oxygen atoms in total. The molecule has 2 N–H and O–H groups in total. The first kappa shape index (κ1) is 14.4. The number of likely N-dealkylation sites (N-methyl/N-ethyl adjacent to an activating group) is 1. The summed E-state index contributed by atoms with van der Waals surface area (Å²) in [5.74, 6) is -1.24. The molecule has 0 unspecified atom stereocenters. The van der Waals surface area contributed by atoms with E-state index in [0.717, 1.165) is 0 Å². The highest BCUT2D eigenvalue weighted by Gasteiger charge is 2.10. The molecule has 0 spiro atoms. The lowest BCUT2D eigenvalue weighted by atomic mass is 10.1. The van der Waals surface area contributed by atoms with Gasteiger partial charge < -0.3 is 15.3 Å². The maximum absolute atomic E-state index is 13.3. The number of aliphatic hydroxyl groups is 1. The maximum atomic E-state index is 13.3. The molecule has 0 saturated carbocycles. The fourth-order valence-corrected chi connectivity index (χ4v) is 1.45. The molecule has 1 aromatic carbocycles. The van der Waals surface area contributed by atoms with Crippen LogP contribution in [0, 0.1) is 11.6 Å². The van der Waals surface area contributed by atoms with Gasteiger partial charge in [-0.1, -0.05) is 6.07 Å². The number of urea groups is 1. The Labute approximate surface area is 104 Å². The topological polar surface area (TPSA) is 52.6 Å². The third kappa shape index (κ3) is 3.96. The molecule has 18 heavy (non-hydrogen) atoms. The molecule has 0 radical (unpaired) electrons. The van der Waals surface area contributed by atoms with E-state index >= 15 is 0 Å². The van der Waals surface area contributed by atoms with Crippen molar-refractivity contribution < 1.29 is 18.7 Å². The van der Waals surface area contributed by atoms with Gasteiger partial charge in [0.15, 0.2) is 0 Å². The predicted molar refractivity (Wildman–Crippen MR) is 63.2 cm³/mol. The van der Waals surface area contributed by atoms with E-state index in [9.17, 15) is 13.6 Å². The van der Waals surface area contributed by atoms with Gasteiger partial charge >= 0.3 is 6.03 Å². The molecular formula is C12H16F2N2O2. The van der Waals surface area contributed by atoms with Crippen LogP contribution in [0.5, 0.6) is 0 Å². The molecule has 1 rings (SSSR count). The van der Waals surface area contributed by atoms with Crippen LogP contribution in [-0.2, 0) is 6.42 Å². The highest BCUT2D eigenvalue weighted by atomic mass is 19.1. The number of amides is 2. The maximum Gasteiger partial charge on any atom is 0.317 e. The number of aliphatic hydroxyl groups excluding tert-OH is 1. The summed E-state index contributed by atoms with van der Waals surface area (Å²) < 4.78 is 26.5. The minimum absolute atomic E-state index is 0.0392. The summed E-state index contributed by atoms with van der Waals surface area (Å²) >= 11 is 0. The first-order valence-corrected chi connectivity index (χ1v) is 5.59. The molecule has 0 aliphatic rings. The van der Waals surface area contributed by atoms with Crippen LogP contribution in [0.15, 0.2) is 18.2 Å². The van der Waals surface area contributed by atoms with Gasteiger partial charge in [0.05, 0.1) is 6.61 Å².